The van der Waals surface area contributed by atoms with Crippen LogP contribution in [0, 0.1) is 17.5 Å². The minimum Gasteiger partial charge on any atom is -0.392 e. The van der Waals surface area contributed by atoms with Gasteiger partial charge in [0.1, 0.15) is 5.82 Å². The van der Waals surface area contributed by atoms with Gasteiger partial charge >= 0.3 is 0 Å². The van der Waals surface area contributed by atoms with Crippen molar-refractivity contribution in [3.63, 3.8) is 0 Å². The van der Waals surface area contributed by atoms with Gasteiger partial charge in [-0.3, -0.25) is 0 Å². The first-order valence-electron chi connectivity index (χ1n) is 6.02. The SMILES string of the molecule is OC(Cc1cc(F)ccc1Cl)Cc1cccc(F)c1F. The monoisotopic (exact) mass is 300 g/mol. The van der Waals surface area contributed by atoms with Crippen LogP contribution in [0.5, 0.6) is 0 Å². The van der Waals surface area contributed by atoms with E-state index in [1.54, 1.807) is 0 Å². The molecule has 0 amide bonds. The lowest BCUT2D eigenvalue weighted by Gasteiger charge is -2.12. The van der Waals surface area contributed by atoms with Crippen molar-refractivity contribution in [2.24, 2.45) is 0 Å². The molecule has 0 aliphatic rings. The van der Waals surface area contributed by atoms with E-state index in [1.165, 1.54) is 30.3 Å². The largest absolute Gasteiger partial charge is 0.392 e. The van der Waals surface area contributed by atoms with Gasteiger partial charge in [-0.15, -0.1) is 0 Å². The maximum atomic E-state index is 13.5. The lowest BCUT2D eigenvalue weighted by atomic mass is 10.0. The van der Waals surface area contributed by atoms with Crippen LogP contribution in [0.4, 0.5) is 13.2 Å². The molecule has 2 rings (SSSR count). The molecule has 0 spiro atoms. The average Bonchev–Trinajstić information content (AvgIpc) is 2.39. The Labute approximate surface area is 119 Å². The molecule has 106 valence electrons. The summed E-state index contributed by atoms with van der Waals surface area (Å²) >= 11 is 5.89. The Morgan fingerprint density at radius 1 is 1.00 bits per heavy atom. The summed E-state index contributed by atoms with van der Waals surface area (Å²) in [7, 11) is 0. The molecule has 0 saturated heterocycles. The summed E-state index contributed by atoms with van der Waals surface area (Å²) < 4.78 is 39.6. The fourth-order valence-electron chi connectivity index (χ4n) is 1.99. The second-order valence-corrected chi connectivity index (χ2v) is 4.92. The van der Waals surface area contributed by atoms with E-state index in [1.807, 2.05) is 0 Å². The van der Waals surface area contributed by atoms with Crippen molar-refractivity contribution in [2.75, 3.05) is 0 Å². The highest BCUT2D eigenvalue weighted by Crippen LogP contribution is 2.21. The normalized spacial score (nSPS) is 12.4. The molecule has 20 heavy (non-hydrogen) atoms. The van der Waals surface area contributed by atoms with Crippen LogP contribution < -0.4 is 0 Å². The molecule has 0 aliphatic carbocycles. The van der Waals surface area contributed by atoms with Gasteiger partial charge in [0.05, 0.1) is 6.10 Å². The third-order valence-corrected chi connectivity index (χ3v) is 3.32. The molecule has 0 saturated carbocycles. The number of benzene rings is 2. The number of aliphatic hydroxyl groups is 1. The third kappa shape index (κ3) is 3.52. The summed E-state index contributed by atoms with van der Waals surface area (Å²) in [6, 6.07) is 7.60. The smallest absolute Gasteiger partial charge is 0.162 e. The van der Waals surface area contributed by atoms with Crippen molar-refractivity contribution in [3.05, 3.63) is 70.0 Å². The van der Waals surface area contributed by atoms with Gasteiger partial charge in [-0.2, -0.15) is 0 Å². The lowest BCUT2D eigenvalue weighted by molar-refractivity contribution is 0.174. The van der Waals surface area contributed by atoms with Crippen LogP contribution in [0.2, 0.25) is 5.02 Å². The van der Waals surface area contributed by atoms with E-state index in [9.17, 15) is 18.3 Å². The zero-order valence-corrected chi connectivity index (χ0v) is 11.2. The van der Waals surface area contributed by atoms with E-state index in [-0.39, 0.29) is 18.4 Å². The van der Waals surface area contributed by atoms with Crippen LogP contribution in [0.3, 0.4) is 0 Å². The maximum absolute atomic E-state index is 13.5. The van der Waals surface area contributed by atoms with Gasteiger partial charge in [0, 0.05) is 17.9 Å². The highest BCUT2D eigenvalue weighted by atomic mass is 35.5. The Hall–Kier alpha value is -1.52. The Balaban J connectivity index is 2.11. The molecule has 1 atom stereocenters. The lowest BCUT2D eigenvalue weighted by Crippen LogP contribution is -2.15. The number of aliphatic hydroxyl groups excluding tert-OH is 1. The van der Waals surface area contributed by atoms with Crippen molar-refractivity contribution in [1.82, 2.24) is 0 Å². The minimum atomic E-state index is -0.981. The predicted molar refractivity (Wildman–Crippen MR) is 71.2 cm³/mol. The topological polar surface area (TPSA) is 20.2 Å². The first kappa shape index (κ1) is 14.9. The molecule has 0 aromatic heterocycles. The van der Waals surface area contributed by atoms with E-state index >= 15 is 0 Å². The summed E-state index contributed by atoms with van der Waals surface area (Å²) in [5, 5.41) is 10.2. The van der Waals surface area contributed by atoms with E-state index < -0.39 is 23.6 Å². The van der Waals surface area contributed by atoms with Crippen LogP contribution in [0.1, 0.15) is 11.1 Å². The van der Waals surface area contributed by atoms with Crippen molar-refractivity contribution >= 4 is 11.6 Å². The molecule has 1 nitrogen and oxygen atoms in total. The van der Waals surface area contributed by atoms with Crippen molar-refractivity contribution in [1.29, 1.82) is 0 Å². The maximum Gasteiger partial charge on any atom is 0.162 e. The van der Waals surface area contributed by atoms with Gasteiger partial charge in [0.15, 0.2) is 11.6 Å². The number of hydrogen-bond donors (Lipinski definition) is 1. The summed E-state index contributed by atoms with van der Waals surface area (Å²) in [6.45, 7) is 0. The molecule has 0 fully saturated rings. The van der Waals surface area contributed by atoms with E-state index in [4.69, 9.17) is 11.6 Å². The van der Waals surface area contributed by atoms with E-state index in [0.717, 1.165) is 6.07 Å². The highest BCUT2D eigenvalue weighted by Gasteiger charge is 2.14. The third-order valence-electron chi connectivity index (χ3n) is 2.95. The fraction of sp³-hybridized carbons (Fsp3) is 0.200. The number of rotatable bonds is 4. The molecular formula is C15H12ClF3O. The first-order chi connectivity index (χ1) is 9.47. The van der Waals surface area contributed by atoms with E-state index in [0.29, 0.717) is 10.6 Å². The molecule has 0 aliphatic heterocycles. The molecule has 2 aromatic rings. The number of halogens is 4. The molecule has 5 heteroatoms. The molecule has 1 unspecified atom stereocenters. The second-order valence-electron chi connectivity index (χ2n) is 4.51. The Kier molecular flexibility index (Phi) is 4.68. The molecule has 0 bridgehead atoms. The minimum absolute atomic E-state index is 0.0621. The average molecular weight is 301 g/mol. The van der Waals surface area contributed by atoms with Gasteiger partial charge in [-0.1, -0.05) is 23.7 Å². The van der Waals surface area contributed by atoms with Gasteiger partial charge in [0.2, 0.25) is 0 Å². The summed E-state index contributed by atoms with van der Waals surface area (Å²) in [5.74, 6) is -2.40. The van der Waals surface area contributed by atoms with Gasteiger partial charge in [0.25, 0.3) is 0 Å². The molecule has 2 aromatic carbocycles. The standard InChI is InChI=1S/C15H12ClF3O/c16-13-5-4-11(17)6-10(13)8-12(20)7-9-2-1-3-14(18)15(9)19/h1-6,12,20H,7-8H2. The quantitative estimate of drug-likeness (QED) is 0.908. The van der Waals surface area contributed by atoms with Crippen LogP contribution in [0.15, 0.2) is 36.4 Å². The highest BCUT2D eigenvalue weighted by molar-refractivity contribution is 6.31. The van der Waals surface area contributed by atoms with Crippen LogP contribution in [-0.2, 0) is 12.8 Å². The zero-order valence-electron chi connectivity index (χ0n) is 10.4. The number of hydrogen-bond acceptors (Lipinski definition) is 1. The molecule has 0 heterocycles. The van der Waals surface area contributed by atoms with Crippen molar-refractivity contribution in [3.8, 4) is 0 Å². The molecular weight excluding hydrogens is 289 g/mol. The summed E-state index contributed by atoms with van der Waals surface area (Å²) in [6.07, 6.45) is -0.992. The predicted octanol–water partition coefficient (Wildman–Crippen LogP) is 3.90. The first-order valence-corrected chi connectivity index (χ1v) is 6.40. The Morgan fingerprint density at radius 3 is 2.45 bits per heavy atom. The van der Waals surface area contributed by atoms with Crippen LogP contribution in [-0.4, -0.2) is 11.2 Å². The summed E-state index contributed by atoms with van der Waals surface area (Å²) in [5.41, 5.74) is 0.501. The van der Waals surface area contributed by atoms with E-state index in [2.05, 4.69) is 0 Å². The zero-order chi connectivity index (χ0) is 14.7. The molecule has 0 radical (unpaired) electrons. The van der Waals surface area contributed by atoms with Crippen LogP contribution >= 0.6 is 11.6 Å². The van der Waals surface area contributed by atoms with Gasteiger partial charge in [-0.25, -0.2) is 13.2 Å². The Bertz CT molecular complexity index is 612. The van der Waals surface area contributed by atoms with Crippen LogP contribution in [0.25, 0.3) is 0 Å². The second kappa shape index (κ2) is 6.29. The summed E-state index contributed by atoms with van der Waals surface area (Å²) in [4.78, 5) is 0. The molecule has 1 N–H and O–H groups in total. The fourth-order valence-corrected chi connectivity index (χ4v) is 2.18. The van der Waals surface area contributed by atoms with Crippen molar-refractivity contribution in [2.45, 2.75) is 18.9 Å². The Morgan fingerprint density at radius 2 is 1.70 bits per heavy atom. The van der Waals surface area contributed by atoms with Gasteiger partial charge in [-0.05, 0) is 35.4 Å². The van der Waals surface area contributed by atoms with Crippen molar-refractivity contribution < 1.29 is 18.3 Å². The van der Waals surface area contributed by atoms with Gasteiger partial charge < -0.3 is 5.11 Å².